The van der Waals surface area contributed by atoms with Crippen LogP contribution in [0.25, 0.3) is 0 Å². The molecule has 0 heterocycles. The summed E-state index contributed by atoms with van der Waals surface area (Å²) in [7, 11) is 0. The van der Waals surface area contributed by atoms with Crippen LogP contribution in [-0.2, 0) is 17.6 Å². The molecule has 0 unspecified atom stereocenters. The molecule has 0 spiro atoms. The molecule has 0 aliphatic heterocycles. The largest absolute Gasteiger partial charge is 0.382 e. The van der Waals surface area contributed by atoms with E-state index in [1.165, 1.54) is 24.0 Å². The van der Waals surface area contributed by atoms with E-state index in [0.717, 1.165) is 26.2 Å². The molecular formula is C14H21NO. The molecule has 16 heavy (non-hydrogen) atoms. The normalized spacial score (nSPS) is 15.3. The Hall–Kier alpha value is -0.860. The van der Waals surface area contributed by atoms with Gasteiger partial charge in [0.25, 0.3) is 0 Å². The van der Waals surface area contributed by atoms with E-state index in [2.05, 4.69) is 29.6 Å². The van der Waals surface area contributed by atoms with Gasteiger partial charge in [-0.05, 0) is 43.9 Å². The average Bonchev–Trinajstić information content (AvgIpc) is 2.71. The molecule has 2 nitrogen and oxygen atoms in total. The van der Waals surface area contributed by atoms with E-state index in [1.807, 2.05) is 6.92 Å². The fraction of sp³-hybridized carbons (Fsp3) is 0.571. The van der Waals surface area contributed by atoms with Gasteiger partial charge in [0, 0.05) is 19.3 Å². The predicted molar refractivity (Wildman–Crippen MR) is 66.8 cm³/mol. The summed E-state index contributed by atoms with van der Waals surface area (Å²) in [4.78, 5) is 0. The van der Waals surface area contributed by atoms with Crippen molar-refractivity contribution in [2.24, 2.45) is 0 Å². The summed E-state index contributed by atoms with van der Waals surface area (Å²) in [5.41, 5.74) is 3.04. The third-order valence-electron chi connectivity index (χ3n) is 3.15. The van der Waals surface area contributed by atoms with Gasteiger partial charge < -0.3 is 10.1 Å². The summed E-state index contributed by atoms with van der Waals surface area (Å²) < 4.78 is 5.32. The molecule has 1 aliphatic rings. The molecule has 1 N–H and O–H groups in total. The van der Waals surface area contributed by atoms with E-state index in [-0.39, 0.29) is 0 Å². The van der Waals surface area contributed by atoms with E-state index < -0.39 is 0 Å². The average molecular weight is 219 g/mol. The van der Waals surface area contributed by atoms with Gasteiger partial charge in [-0.1, -0.05) is 24.3 Å². The Kier molecular flexibility index (Phi) is 4.37. The summed E-state index contributed by atoms with van der Waals surface area (Å²) in [5, 5.41) is 3.61. The zero-order chi connectivity index (χ0) is 11.2. The third kappa shape index (κ3) is 3.06. The monoisotopic (exact) mass is 219 g/mol. The van der Waals surface area contributed by atoms with Gasteiger partial charge in [0.1, 0.15) is 0 Å². The molecule has 0 fully saturated rings. The first-order valence-electron chi connectivity index (χ1n) is 6.28. The predicted octanol–water partition coefficient (Wildman–Crippen LogP) is 2.17. The number of hydrogen-bond acceptors (Lipinski definition) is 2. The summed E-state index contributed by atoms with van der Waals surface area (Å²) in [6.07, 6.45) is 3.48. The second-order valence-corrected chi connectivity index (χ2v) is 4.38. The van der Waals surface area contributed by atoms with Crippen molar-refractivity contribution >= 4 is 0 Å². The zero-order valence-electron chi connectivity index (χ0n) is 10.0. The molecule has 0 saturated carbocycles. The fourth-order valence-corrected chi connectivity index (χ4v) is 2.33. The number of ether oxygens (including phenoxy) is 1. The number of benzene rings is 1. The molecule has 2 heteroatoms. The quantitative estimate of drug-likeness (QED) is 0.740. The van der Waals surface area contributed by atoms with Gasteiger partial charge >= 0.3 is 0 Å². The first kappa shape index (κ1) is 11.6. The summed E-state index contributed by atoms with van der Waals surface area (Å²) in [6, 6.07) is 9.40. The molecule has 2 rings (SSSR count). The maximum absolute atomic E-state index is 5.32. The van der Waals surface area contributed by atoms with Crippen LogP contribution >= 0.6 is 0 Å². The van der Waals surface area contributed by atoms with Crippen molar-refractivity contribution in [3.8, 4) is 0 Å². The highest BCUT2D eigenvalue weighted by Crippen LogP contribution is 2.21. The fourth-order valence-electron chi connectivity index (χ4n) is 2.33. The van der Waals surface area contributed by atoms with Crippen LogP contribution in [0.5, 0.6) is 0 Å². The Morgan fingerprint density at radius 2 is 1.94 bits per heavy atom. The second kappa shape index (κ2) is 6.02. The van der Waals surface area contributed by atoms with Crippen LogP contribution in [-0.4, -0.2) is 25.8 Å². The minimum Gasteiger partial charge on any atom is -0.382 e. The summed E-state index contributed by atoms with van der Waals surface area (Å²) in [5.74, 6) is 0. The van der Waals surface area contributed by atoms with Crippen molar-refractivity contribution in [2.45, 2.75) is 32.2 Å². The lowest BCUT2D eigenvalue weighted by Crippen LogP contribution is -2.30. The molecule has 1 aromatic rings. The lowest BCUT2D eigenvalue weighted by molar-refractivity contribution is 0.144. The molecule has 1 aromatic carbocycles. The molecular weight excluding hydrogens is 198 g/mol. The molecule has 88 valence electrons. The topological polar surface area (TPSA) is 21.3 Å². The van der Waals surface area contributed by atoms with Gasteiger partial charge in [0.2, 0.25) is 0 Å². The van der Waals surface area contributed by atoms with Crippen molar-refractivity contribution in [1.82, 2.24) is 5.32 Å². The molecule has 0 radical (unpaired) electrons. The van der Waals surface area contributed by atoms with E-state index in [1.54, 1.807) is 0 Å². The first-order chi connectivity index (χ1) is 7.90. The van der Waals surface area contributed by atoms with Gasteiger partial charge in [-0.15, -0.1) is 0 Å². The Bertz CT molecular complexity index is 299. The first-order valence-corrected chi connectivity index (χ1v) is 6.28. The maximum Gasteiger partial charge on any atom is 0.0477 e. The lowest BCUT2D eigenvalue weighted by atomic mass is 10.1. The number of hydrogen-bond donors (Lipinski definition) is 1. The van der Waals surface area contributed by atoms with Crippen LogP contribution in [0.15, 0.2) is 24.3 Å². The smallest absolute Gasteiger partial charge is 0.0477 e. The molecule has 0 saturated heterocycles. The number of nitrogens with one attached hydrogen (secondary N) is 1. The van der Waals surface area contributed by atoms with Crippen LogP contribution in [0.3, 0.4) is 0 Å². The van der Waals surface area contributed by atoms with Crippen LogP contribution in [0.4, 0.5) is 0 Å². The Morgan fingerprint density at radius 3 is 2.56 bits per heavy atom. The lowest BCUT2D eigenvalue weighted by Gasteiger charge is -2.11. The molecule has 0 bridgehead atoms. The third-order valence-corrected chi connectivity index (χ3v) is 3.15. The van der Waals surface area contributed by atoms with E-state index in [4.69, 9.17) is 4.74 Å². The Labute approximate surface area is 98.0 Å². The Morgan fingerprint density at radius 1 is 1.25 bits per heavy atom. The maximum atomic E-state index is 5.32. The number of fused-ring (bicyclic) bond motifs is 1. The van der Waals surface area contributed by atoms with Crippen LogP contribution in [0, 0.1) is 0 Å². The highest BCUT2D eigenvalue weighted by molar-refractivity contribution is 5.33. The van der Waals surface area contributed by atoms with Crippen molar-refractivity contribution in [3.05, 3.63) is 35.4 Å². The van der Waals surface area contributed by atoms with Gasteiger partial charge in [-0.2, -0.15) is 0 Å². The van der Waals surface area contributed by atoms with Crippen molar-refractivity contribution in [1.29, 1.82) is 0 Å². The minimum atomic E-state index is 0.638. The molecule has 0 aromatic heterocycles. The van der Waals surface area contributed by atoms with Gasteiger partial charge in [-0.3, -0.25) is 0 Å². The molecule has 0 amide bonds. The molecule has 1 aliphatic carbocycles. The molecule has 0 atom stereocenters. The van der Waals surface area contributed by atoms with E-state index >= 15 is 0 Å². The summed E-state index contributed by atoms with van der Waals surface area (Å²) >= 11 is 0. The summed E-state index contributed by atoms with van der Waals surface area (Å²) in [6.45, 7) is 4.82. The SMILES string of the molecule is CCOCCCNC1Cc2ccccc2C1. The van der Waals surface area contributed by atoms with Gasteiger partial charge in [0.15, 0.2) is 0 Å². The standard InChI is InChI=1S/C14H21NO/c1-2-16-9-5-8-15-14-10-12-6-3-4-7-13(12)11-14/h3-4,6-7,14-15H,2,5,8-11H2,1H3. The second-order valence-electron chi connectivity index (χ2n) is 4.38. The van der Waals surface area contributed by atoms with Crippen molar-refractivity contribution in [2.75, 3.05) is 19.8 Å². The van der Waals surface area contributed by atoms with E-state index in [0.29, 0.717) is 6.04 Å². The highest BCUT2D eigenvalue weighted by Gasteiger charge is 2.19. The van der Waals surface area contributed by atoms with Crippen LogP contribution < -0.4 is 5.32 Å². The van der Waals surface area contributed by atoms with E-state index in [9.17, 15) is 0 Å². The zero-order valence-corrected chi connectivity index (χ0v) is 10.0. The van der Waals surface area contributed by atoms with Crippen LogP contribution in [0.2, 0.25) is 0 Å². The van der Waals surface area contributed by atoms with Gasteiger partial charge in [-0.25, -0.2) is 0 Å². The highest BCUT2D eigenvalue weighted by atomic mass is 16.5. The van der Waals surface area contributed by atoms with Crippen molar-refractivity contribution in [3.63, 3.8) is 0 Å². The Balaban J connectivity index is 1.67. The van der Waals surface area contributed by atoms with Crippen molar-refractivity contribution < 1.29 is 4.74 Å². The van der Waals surface area contributed by atoms with Crippen LogP contribution in [0.1, 0.15) is 24.5 Å². The van der Waals surface area contributed by atoms with Gasteiger partial charge in [0.05, 0.1) is 0 Å². The minimum absolute atomic E-state index is 0.638. The number of rotatable bonds is 6.